The molecule has 0 spiro atoms. The van der Waals surface area contributed by atoms with Crippen molar-refractivity contribution in [2.45, 2.75) is 0 Å². The van der Waals surface area contributed by atoms with Gasteiger partial charge in [0.25, 0.3) is 0 Å². The van der Waals surface area contributed by atoms with E-state index in [0.29, 0.717) is 0 Å². The molecule has 0 amide bonds. The molecule has 0 atom stereocenters. The minimum atomic E-state index is 0. The van der Waals surface area contributed by atoms with Crippen molar-refractivity contribution in [1.82, 2.24) is 0 Å². The molecule has 0 unspecified atom stereocenters. The maximum Gasteiger partial charge on any atom is 0.0145 e. The van der Waals surface area contributed by atoms with Crippen LogP contribution in [-0.4, -0.2) is 11.5 Å². The standard InChI is InChI=1S/C2H4S3.H2S/c1-2-4-5-3-1;/h1-2H2;1H2. The Bertz CT molecular complexity index is 17.1. The van der Waals surface area contributed by atoms with Gasteiger partial charge >= 0.3 is 0 Å². The van der Waals surface area contributed by atoms with Crippen LogP contribution in [0.5, 0.6) is 0 Å². The van der Waals surface area contributed by atoms with Crippen LogP contribution in [0, 0.1) is 0 Å². The second-order valence-corrected chi connectivity index (χ2v) is 5.18. The van der Waals surface area contributed by atoms with Crippen molar-refractivity contribution in [2.75, 3.05) is 11.5 Å². The summed E-state index contributed by atoms with van der Waals surface area (Å²) in [4.78, 5) is 0. The molecule has 1 saturated heterocycles. The van der Waals surface area contributed by atoms with E-state index in [2.05, 4.69) is 0 Å². The molecule has 0 aromatic rings. The van der Waals surface area contributed by atoms with Gasteiger partial charge in [-0.1, -0.05) is 21.6 Å². The Kier molecular flexibility index (Phi) is 5.62. The average molecular weight is 158 g/mol. The lowest BCUT2D eigenvalue weighted by Crippen LogP contribution is -1.64. The van der Waals surface area contributed by atoms with Crippen LogP contribution in [0.4, 0.5) is 0 Å². The predicted octanol–water partition coefficient (Wildman–Crippen LogP) is 2.14. The highest BCUT2D eigenvalue weighted by Crippen LogP contribution is 2.41. The van der Waals surface area contributed by atoms with Crippen molar-refractivity contribution in [2.24, 2.45) is 0 Å². The van der Waals surface area contributed by atoms with Gasteiger partial charge in [0.2, 0.25) is 0 Å². The van der Waals surface area contributed by atoms with Crippen LogP contribution in [0.2, 0.25) is 0 Å². The summed E-state index contributed by atoms with van der Waals surface area (Å²) in [5.41, 5.74) is 0. The van der Waals surface area contributed by atoms with Crippen LogP contribution in [0.25, 0.3) is 0 Å². The summed E-state index contributed by atoms with van der Waals surface area (Å²) in [6.45, 7) is 0. The minimum absolute atomic E-state index is 0. The fourth-order valence-corrected chi connectivity index (χ4v) is 4.59. The quantitative estimate of drug-likeness (QED) is 0.496. The molecular weight excluding hydrogens is 152 g/mol. The molecule has 38 valence electrons. The summed E-state index contributed by atoms with van der Waals surface area (Å²) >= 11 is 0. The van der Waals surface area contributed by atoms with Gasteiger partial charge < -0.3 is 0 Å². The summed E-state index contributed by atoms with van der Waals surface area (Å²) in [6.07, 6.45) is 0. The van der Waals surface area contributed by atoms with E-state index in [0.717, 1.165) is 0 Å². The number of hydrogen-bond acceptors (Lipinski definition) is 3. The zero-order valence-corrected chi connectivity index (χ0v) is 6.59. The molecule has 0 N–H and O–H groups in total. The summed E-state index contributed by atoms with van der Waals surface area (Å²) in [5, 5.41) is 0. The van der Waals surface area contributed by atoms with Gasteiger partial charge in [-0.2, -0.15) is 13.5 Å². The largest absolute Gasteiger partial charge is 0.197 e. The van der Waals surface area contributed by atoms with Crippen molar-refractivity contribution in [3.63, 3.8) is 0 Å². The molecular formula is C2H6S4. The van der Waals surface area contributed by atoms with Gasteiger partial charge in [0, 0.05) is 11.5 Å². The highest BCUT2D eigenvalue weighted by atomic mass is 33.5. The Labute approximate surface area is 56.5 Å². The number of hydrogen-bond donors (Lipinski definition) is 0. The smallest absolute Gasteiger partial charge is 0.0145 e. The van der Waals surface area contributed by atoms with E-state index < -0.39 is 0 Å². The van der Waals surface area contributed by atoms with Crippen LogP contribution < -0.4 is 0 Å². The van der Waals surface area contributed by atoms with Gasteiger partial charge in [-0.15, -0.1) is 0 Å². The molecule has 1 aliphatic heterocycles. The molecule has 1 heterocycles. The maximum atomic E-state index is 1.95. The minimum Gasteiger partial charge on any atom is -0.197 e. The first kappa shape index (κ1) is 7.40. The van der Waals surface area contributed by atoms with Crippen molar-refractivity contribution >= 4 is 44.9 Å². The maximum absolute atomic E-state index is 1.95. The van der Waals surface area contributed by atoms with E-state index in [-0.39, 0.29) is 13.5 Å². The average Bonchev–Trinajstić information content (AvgIpc) is 1.76. The third-order valence-corrected chi connectivity index (χ3v) is 4.85. The van der Waals surface area contributed by atoms with Crippen LogP contribution in [0.1, 0.15) is 0 Å². The Hall–Kier alpha value is 1.40. The van der Waals surface area contributed by atoms with E-state index >= 15 is 0 Å². The second-order valence-electron chi connectivity index (χ2n) is 0.712. The Morgan fingerprint density at radius 1 is 1.00 bits per heavy atom. The normalized spacial score (nSPS) is 20.0. The molecule has 0 saturated carbocycles. The highest BCUT2D eigenvalue weighted by Gasteiger charge is 1.97. The molecule has 1 aliphatic rings. The van der Waals surface area contributed by atoms with Crippen LogP contribution in [0.15, 0.2) is 0 Å². The molecule has 0 aliphatic carbocycles. The fraction of sp³-hybridized carbons (Fsp3) is 1.00. The Balaban J connectivity index is 0.000000250. The van der Waals surface area contributed by atoms with Gasteiger partial charge in [-0.3, -0.25) is 0 Å². The lowest BCUT2D eigenvalue weighted by Gasteiger charge is -1.67. The molecule has 6 heavy (non-hydrogen) atoms. The molecule has 1 fully saturated rings. The molecule has 4 heteroatoms. The van der Waals surface area contributed by atoms with Crippen LogP contribution >= 0.6 is 44.9 Å². The molecule has 0 radical (unpaired) electrons. The van der Waals surface area contributed by atoms with Crippen molar-refractivity contribution in [3.05, 3.63) is 0 Å². The van der Waals surface area contributed by atoms with Crippen LogP contribution in [-0.2, 0) is 0 Å². The van der Waals surface area contributed by atoms with E-state index in [1.807, 2.05) is 31.4 Å². The van der Waals surface area contributed by atoms with E-state index in [9.17, 15) is 0 Å². The lowest BCUT2D eigenvalue weighted by atomic mass is 11.0. The lowest BCUT2D eigenvalue weighted by molar-refractivity contribution is 1.59. The molecule has 0 aromatic carbocycles. The summed E-state index contributed by atoms with van der Waals surface area (Å²) < 4.78 is 0. The SMILES string of the molecule is C1CSSS1.S. The third kappa shape index (κ3) is 2.55. The Morgan fingerprint density at radius 2 is 1.50 bits per heavy atom. The highest BCUT2D eigenvalue weighted by molar-refractivity contribution is 9.10. The summed E-state index contributed by atoms with van der Waals surface area (Å²) in [6, 6.07) is 0. The Morgan fingerprint density at radius 3 is 1.67 bits per heavy atom. The zero-order valence-electron chi connectivity index (χ0n) is 3.14. The zero-order chi connectivity index (χ0) is 3.54. The molecule has 0 aromatic heterocycles. The van der Waals surface area contributed by atoms with E-state index in [1.165, 1.54) is 11.5 Å². The van der Waals surface area contributed by atoms with Gasteiger partial charge in [0.15, 0.2) is 0 Å². The van der Waals surface area contributed by atoms with Gasteiger partial charge in [0.05, 0.1) is 0 Å². The topological polar surface area (TPSA) is 0 Å². The van der Waals surface area contributed by atoms with Crippen molar-refractivity contribution < 1.29 is 0 Å². The van der Waals surface area contributed by atoms with Crippen molar-refractivity contribution in [1.29, 1.82) is 0 Å². The monoisotopic (exact) mass is 158 g/mol. The first-order valence-corrected chi connectivity index (χ1v) is 5.23. The predicted molar refractivity (Wildman–Crippen MR) is 42.9 cm³/mol. The van der Waals surface area contributed by atoms with Gasteiger partial charge in [-0.05, 0) is 9.83 Å². The molecule has 1 rings (SSSR count). The summed E-state index contributed by atoms with van der Waals surface area (Å²) in [7, 11) is 5.81. The van der Waals surface area contributed by atoms with Gasteiger partial charge in [-0.25, -0.2) is 0 Å². The van der Waals surface area contributed by atoms with E-state index in [1.54, 1.807) is 0 Å². The fourth-order valence-electron chi connectivity index (χ4n) is 0.170. The third-order valence-electron chi connectivity index (χ3n) is 0.346. The first-order chi connectivity index (χ1) is 2.50. The first-order valence-electron chi connectivity index (χ1n) is 1.41. The van der Waals surface area contributed by atoms with Crippen molar-refractivity contribution in [3.8, 4) is 0 Å². The van der Waals surface area contributed by atoms with Crippen LogP contribution in [0.3, 0.4) is 0 Å². The molecule has 0 nitrogen and oxygen atoms in total. The van der Waals surface area contributed by atoms with Gasteiger partial charge in [0.1, 0.15) is 0 Å². The number of rotatable bonds is 0. The van der Waals surface area contributed by atoms with E-state index in [4.69, 9.17) is 0 Å². The summed E-state index contributed by atoms with van der Waals surface area (Å²) in [5.74, 6) is 2.69. The molecule has 0 bridgehead atoms. The second kappa shape index (κ2) is 4.56.